The van der Waals surface area contributed by atoms with Crippen molar-refractivity contribution in [3.8, 4) is 5.82 Å². The lowest BCUT2D eigenvalue weighted by molar-refractivity contribution is 0.775. The highest BCUT2D eigenvalue weighted by atomic mass is 35.5. The highest BCUT2D eigenvalue weighted by Gasteiger charge is 2.09. The first kappa shape index (κ1) is 11.1. The Morgan fingerprint density at radius 1 is 1.44 bits per heavy atom. The van der Waals surface area contributed by atoms with Gasteiger partial charge in [-0.3, -0.25) is 0 Å². The standard InChI is InChI=1S/C12H14ClN3/c1-3-5-10-8-9(2)16(15-10)12-11(13)6-4-7-14-12/h4,6-8H,3,5H2,1-2H3. The summed E-state index contributed by atoms with van der Waals surface area (Å²) in [5, 5.41) is 5.12. The van der Waals surface area contributed by atoms with E-state index in [0.717, 1.165) is 24.2 Å². The van der Waals surface area contributed by atoms with Crippen LogP contribution in [0.25, 0.3) is 5.82 Å². The number of hydrogen-bond donors (Lipinski definition) is 0. The second-order valence-corrected chi connectivity index (χ2v) is 4.15. The van der Waals surface area contributed by atoms with E-state index in [1.165, 1.54) is 0 Å². The molecular weight excluding hydrogens is 222 g/mol. The van der Waals surface area contributed by atoms with E-state index in [4.69, 9.17) is 11.6 Å². The molecule has 0 unspecified atom stereocenters. The molecule has 2 aromatic heterocycles. The first-order valence-corrected chi connectivity index (χ1v) is 5.76. The van der Waals surface area contributed by atoms with Crippen molar-refractivity contribution >= 4 is 11.6 Å². The predicted octanol–water partition coefficient (Wildman–Crippen LogP) is 3.18. The van der Waals surface area contributed by atoms with E-state index in [0.29, 0.717) is 10.8 Å². The van der Waals surface area contributed by atoms with Crippen LogP contribution >= 0.6 is 11.6 Å². The third-order valence-corrected chi connectivity index (χ3v) is 2.68. The quantitative estimate of drug-likeness (QED) is 0.818. The first-order chi connectivity index (χ1) is 7.72. The lowest BCUT2D eigenvalue weighted by Gasteiger charge is -2.04. The third kappa shape index (κ3) is 2.09. The Hall–Kier alpha value is -1.35. The number of pyridine rings is 1. The van der Waals surface area contributed by atoms with Crippen LogP contribution in [0.4, 0.5) is 0 Å². The van der Waals surface area contributed by atoms with Gasteiger partial charge in [0.25, 0.3) is 0 Å². The van der Waals surface area contributed by atoms with Gasteiger partial charge in [-0.05, 0) is 31.5 Å². The zero-order chi connectivity index (χ0) is 11.5. The maximum Gasteiger partial charge on any atom is 0.172 e. The van der Waals surface area contributed by atoms with Gasteiger partial charge >= 0.3 is 0 Å². The van der Waals surface area contributed by atoms with Gasteiger partial charge in [-0.2, -0.15) is 5.10 Å². The van der Waals surface area contributed by atoms with Crippen molar-refractivity contribution in [2.45, 2.75) is 26.7 Å². The van der Waals surface area contributed by atoms with Gasteiger partial charge in [-0.25, -0.2) is 9.67 Å². The second kappa shape index (κ2) is 4.66. The second-order valence-electron chi connectivity index (χ2n) is 3.75. The van der Waals surface area contributed by atoms with Crippen LogP contribution in [0.3, 0.4) is 0 Å². The first-order valence-electron chi connectivity index (χ1n) is 5.38. The van der Waals surface area contributed by atoms with Crippen molar-refractivity contribution in [3.05, 3.63) is 40.8 Å². The lowest BCUT2D eigenvalue weighted by atomic mass is 10.2. The van der Waals surface area contributed by atoms with Crippen LogP contribution in [0.1, 0.15) is 24.7 Å². The van der Waals surface area contributed by atoms with E-state index in [9.17, 15) is 0 Å². The smallest absolute Gasteiger partial charge is 0.172 e. The topological polar surface area (TPSA) is 30.7 Å². The zero-order valence-electron chi connectivity index (χ0n) is 9.44. The highest BCUT2D eigenvalue weighted by molar-refractivity contribution is 6.32. The predicted molar refractivity (Wildman–Crippen MR) is 65.1 cm³/mol. The molecule has 0 spiro atoms. The summed E-state index contributed by atoms with van der Waals surface area (Å²) >= 11 is 6.09. The van der Waals surface area contributed by atoms with E-state index >= 15 is 0 Å². The van der Waals surface area contributed by atoms with Gasteiger partial charge < -0.3 is 0 Å². The maximum atomic E-state index is 6.09. The summed E-state index contributed by atoms with van der Waals surface area (Å²) in [5.74, 6) is 0.698. The fraction of sp³-hybridized carbons (Fsp3) is 0.333. The van der Waals surface area contributed by atoms with Crippen LogP contribution in [0.2, 0.25) is 5.02 Å². The molecule has 2 aromatic rings. The molecule has 0 aliphatic carbocycles. The average Bonchev–Trinajstić information content (AvgIpc) is 2.61. The number of hydrogen-bond acceptors (Lipinski definition) is 2. The number of halogens is 1. The molecule has 2 heterocycles. The summed E-state index contributed by atoms with van der Waals surface area (Å²) in [6.45, 7) is 4.15. The summed E-state index contributed by atoms with van der Waals surface area (Å²) in [7, 11) is 0. The SMILES string of the molecule is CCCc1cc(C)n(-c2ncccc2Cl)n1. The molecule has 0 bridgehead atoms. The maximum absolute atomic E-state index is 6.09. The monoisotopic (exact) mass is 235 g/mol. The third-order valence-electron chi connectivity index (χ3n) is 2.38. The molecule has 0 aliphatic heterocycles. The van der Waals surface area contributed by atoms with Crippen LogP contribution in [-0.2, 0) is 6.42 Å². The minimum absolute atomic E-state index is 0.622. The Balaban J connectivity index is 2.44. The molecule has 0 atom stereocenters. The summed E-state index contributed by atoms with van der Waals surface area (Å²) in [6, 6.07) is 5.72. The fourth-order valence-corrected chi connectivity index (χ4v) is 1.87. The Morgan fingerprint density at radius 2 is 2.25 bits per heavy atom. The Bertz CT molecular complexity index is 491. The van der Waals surface area contributed by atoms with Gasteiger partial charge in [0, 0.05) is 11.9 Å². The normalized spacial score (nSPS) is 10.7. The lowest BCUT2D eigenvalue weighted by Crippen LogP contribution is -2.02. The molecular formula is C12H14ClN3. The molecule has 3 nitrogen and oxygen atoms in total. The minimum Gasteiger partial charge on any atom is -0.236 e. The molecule has 2 rings (SSSR count). The molecule has 0 saturated carbocycles. The van der Waals surface area contributed by atoms with E-state index in [1.807, 2.05) is 19.1 Å². The molecule has 0 N–H and O–H groups in total. The largest absolute Gasteiger partial charge is 0.236 e. The van der Waals surface area contributed by atoms with Crippen molar-refractivity contribution in [2.24, 2.45) is 0 Å². The summed E-state index contributed by atoms with van der Waals surface area (Å²) < 4.78 is 1.80. The van der Waals surface area contributed by atoms with Crippen LogP contribution in [0.5, 0.6) is 0 Å². The van der Waals surface area contributed by atoms with Crippen molar-refractivity contribution in [1.29, 1.82) is 0 Å². The molecule has 0 saturated heterocycles. The van der Waals surface area contributed by atoms with E-state index < -0.39 is 0 Å². The van der Waals surface area contributed by atoms with E-state index in [1.54, 1.807) is 10.9 Å². The van der Waals surface area contributed by atoms with Crippen LogP contribution in [-0.4, -0.2) is 14.8 Å². The van der Waals surface area contributed by atoms with E-state index in [-0.39, 0.29) is 0 Å². The Kier molecular flexibility index (Phi) is 3.25. The zero-order valence-corrected chi connectivity index (χ0v) is 10.2. The summed E-state index contributed by atoms with van der Waals surface area (Å²) in [6.07, 6.45) is 3.80. The molecule has 0 radical (unpaired) electrons. The van der Waals surface area contributed by atoms with Crippen LogP contribution in [0.15, 0.2) is 24.4 Å². The van der Waals surface area contributed by atoms with Gasteiger partial charge in [0.2, 0.25) is 0 Å². The average molecular weight is 236 g/mol. The highest BCUT2D eigenvalue weighted by Crippen LogP contribution is 2.19. The van der Waals surface area contributed by atoms with Gasteiger partial charge in [0.15, 0.2) is 5.82 Å². The summed E-state index contributed by atoms with van der Waals surface area (Å²) in [4.78, 5) is 4.25. The molecule has 4 heteroatoms. The Labute approximate surface area is 100 Å². The summed E-state index contributed by atoms with van der Waals surface area (Å²) in [5.41, 5.74) is 2.14. The van der Waals surface area contributed by atoms with Crippen LogP contribution in [0, 0.1) is 6.92 Å². The number of aryl methyl sites for hydroxylation is 2. The van der Waals surface area contributed by atoms with Gasteiger partial charge in [-0.1, -0.05) is 24.9 Å². The Morgan fingerprint density at radius 3 is 2.94 bits per heavy atom. The number of nitrogens with zero attached hydrogens (tertiary/aromatic N) is 3. The van der Waals surface area contributed by atoms with Gasteiger partial charge in [0.1, 0.15) is 0 Å². The molecule has 0 aromatic carbocycles. The molecule has 16 heavy (non-hydrogen) atoms. The van der Waals surface area contributed by atoms with Crippen molar-refractivity contribution in [3.63, 3.8) is 0 Å². The molecule has 0 aliphatic rings. The molecule has 0 amide bonds. The van der Waals surface area contributed by atoms with Crippen molar-refractivity contribution in [1.82, 2.24) is 14.8 Å². The molecule has 84 valence electrons. The number of rotatable bonds is 3. The van der Waals surface area contributed by atoms with Gasteiger partial charge in [0.05, 0.1) is 10.7 Å². The minimum atomic E-state index is 0.622. The fourth-order valence-electron chi connectivity index (χ4n) is 1.66. The van der Waals surface area contributed by atoms with Crippen molar-refractivity contribution < 1.29 is 0 Å². The van der Waals surface area contributed by atoms with Crippen LogP contribution < -0.4 is 0 Å². The van der Waals surface area contributed by atoms with E-state index in [2.05, 4.69) is 23.1 Å². The molecule has 0 fully saturated rings. The number of aromatic nitrogens is 3. The van der Waals surface area contributed by atoms with Crippen molar-refractivity contribution in [2.75, 3.05) is 0 Å². The van der Waals surface area contributed by atoms with Gasteiger partial charge in [-0.15, -0.1) is 0 Å².